The highest BCUT2D eigenvalue weighted by atomic mass is 79.9. The van der Waals surface area contributed by atoms with Crippen molar-refractivity contribution >= 4 is 32.7 Å². The van der Waals surface area contributed by atoms with Crippen LogP contribution in [0.15, 0.2) is 33.9 Å². The first kappa shape index (κ1) is 13.8. The van der Waals surface area contributed by atoms with E-state index in [-0.39, 0.29) is 4.93 Å². The molecule has 0 N–H and O–H groups in total. The molecule has 2 nitrogen and oxygen atoms in total. The van der Waals surface area contributed by atoms with E-state index in [0.29, 0.717) is 30.6 Å². The van der Waals surface area contributed by atoms with E-state index in [4.69, 9.17) is 4.84 Å². The van der Waals surface area contributed by atoms with Crippen LogP contribution < -0.4 is 0 Å². The summed E-state index contributed by atoms with van der Waals surface area (Å²) < 4.78 is 15.9. The molecule has 116 valence electrons. The highest BCUT2D eigenvalue weighted by Crippen LogP contribution is 2.67. The molecule has 1 spiro atoms. The zero-order valence-electron chi connectivity index (χ0n) is 12.1. The van der Waals surface area contributed by atoms with Crippen molar-refractivity contribution in [1.29, 1.82) is 0 Å². The van der Waals surface area contributed by atoms with Gasteiger partial charge in [-0.1, -0.05) is 45.0 Å². The summed E-state index contributed by atoms with van der Waals surface area (Å²) in [6, 6.07) is 8.17. The van der Waals surface area contributed by atoms with E-state index in [9.17, 15) is 4.39 Å². The molecular weight excluding hydrogens is 365 g/mol. The van der Waals surface area contributed by atoms with Gasteiger partial charge < -0.3 is 4.84 Å². The molecule has 0 aromatic heterocycles. The number of hydrogen-bond donors (Lipinski definition) is 0. The minimum atomic E-state index is -0.925. The van der Waals surface area contributed by atoms with Gasteiger partial charge in [-0.15, -0.1) is 0 Å². The van der Waals surface area contributed by atoms with E-state index in [1.807, 2.05) is 12.1 Å². The maximum Gasteiger partial charge on any atom is 0.194 e. The van der Waals surface area contributed by atoms with Gasteiger partial charge in [0.15, 0.2) is 4.93 Å². The number of rotatable bonds is 1. The highest BCUT2D eigenvalue weighted by Gasteiger charge is 2.66. The van der Waals surface area contributed by atoms with Crippen LogP contribution in [0, 0.1) is 17.8 Å². The first-order valence-corrected chi connectivity index (χ1v) is 9.57. The molecule has 4 bridgehead atoms. The van der Waals surface area contributed by atoms with Crippen LogP contribution in [0.1, 0.15) is 37.7 Å². The van der Waals surface area contributed by atoms with E-state index in [1.54, 1.807) is 11.8 Å². The van der Waals surface area contributed by atoms with Crippen molar-refractivity contribution in [3.63, 3.8) is 0 Å². The van der Waals surface area contributed by atoms with Crippen LogP contribution in [0.5, 0.6) is 0 Å². The van der Waals surface area contributed by atoms with Gasteiger partial charge >= 0.3 is 0 Å². The Morgan fingerprint density at radius 1 is 1.14 bits per heavy atom. The van der Waals surface area contributed by atoms with E-state index >= 15 is 0 Å². The molecule has 1 aromatic rings. The van der Waals surface area contributed by atoms with Crippen LogP contribution in [-0.2, 0) is 4.84 Å². The van der Waals surface area contributed by atoms with Gasteiger partial charge in [0.1, 0.15) is 10.7 Å². The molecule has 3 unspecified atom stereocenters. The average molecular weight is 382 g/mol. The van der Waals surface area contributed by atoms with Gasteiger partial charge in [0, 0.05) is 21.9 Å². The van der Waals surface area contributed by atoms with Gasteiger partial charge in [0.25, 0.3) is 0 Å². The van der Waals surface area contributed by atoms with Gasteiger partial charge in [-0.25, -0.2) is 4.39 Å². The van der Waals surface area contributed by atoms with E-state index in [1.165, 1.54) is 0 Å². The molecule has 4 fully saturated rings. The summed E-state index contributed by atoms with van der Waals surface area (Å²) in [6.07, 6.45) is 4.32. The summed E-state index contributed by atoms with van der Waals surface area (Å²) in [6.45, 7) is 0. The van der Waals surface area contributed by atoms with Crippen molar-refractivity contribution in [2.75, 3.05) is 0 Å². The van der Waals surface area contributed by atoms with Crippen molar-refractivity contribution in [3.8, 4) is 0 Å². The van der Waals surface area contributed by atoms with Crippen LogP contribution in [0.2, 0.25) is 0 Å². The Kier molecular flexibility index (Phi) is 2.83. The second-order valence-corrected chi connectivity index (χ2v) is 9.46. The summed E-state index contributed by atoms with van der Waals surface area (Å²) in [4.78, 5) is 5.74. The van der Waals surface area contributed by atoms with Crippen molar-refractivity contribution < 1.29 is 9.23 Å². The molecule has 22 heavy (non-hydrogen) atoms. The quantitative estimate of drug-likeness (QED) is 0.673. The van der Waals surface area contributed by atoms with Gasteiger partial charge in [-0.05, 0) is 50.2 Å². The van der Waals surface area contributed by atoms with E-state index in [0.717, 1.165) is 34.3 Å². The Bertz CT molecular complexity index is 645. The molecule has 4 aliphatic carbocycles. The fraction of sp³-hybridized carbons (Fsp3) is 0.588. The Morgan fingerprint density at radius 2 is 1.82 bits per heavy atom. The van der Waals surface area contributed by atoms with Crippen molar-refractivity contribution in [2.45, 2.75) is 42.7 Å². The standard InChI is InChI=1S/C17H17BrFNOS/c18-14-3-1-11(2-4-14)15-20-21-17(22-15)12-5-10-6-13(17)9-16(19,7-10)8-12/h1-4,10,12-13H,5-9H2/t10?,12-,13+,16?,17?. The monoisotopic (exact) mass is 381 g/mol. The Morgan fingerprint density at radius 3 is 2.45 bits per heavy atom. The Balaban J connectivity index is 1.45. The Labute approximate surface area is 142 Å². The second kappa shape index (κ2) is 4.50. The van der Waals surface area contributed by atoms with E-state index < -0.39 is 5.67 Å². The lowest BCUT2D eigenvalue weighted by Crippen LogP contribution is -2.60. The molecule has 0 amide bonds. The lowest BCUT2D eigenvalue weighted by Gasteiger charge is -2.59. The molecule has 4 saturated carbocycles. The van der Waals surface area contributed by atoms with Crippen LogP contribution in [-0.4, -0.2) is 15.6 Å². The first-order chi connectivity index (χ1) is 10.6. The largest absolute Gasteiger partial charge is 0.376 e. The van der Waals surface area contributed by atoms with Gasteiger partial charge in [-0.2, -0.15) is 0 Å². The fourth-order valence-corrected chi connectivity index (χ4v) is 6.81. The zero-order valence-corrected chi connectivity index (χ0v) is 14.5. The lowest BCUT2D eigenvalue weighted by atomic mass is 9.53. The summed E-state index contributed by atoms with van der Waals surface area (Å²) in [5, 5.41) is 5.35. The second-order valence-electron chi connectivity index (χ2n) is 7.31. The molecule has 0 saturated heterocycles. The van der Waals surface area contributed by atoms with Gasteiger partial charge in [0.05, 0.1) is 0 Å². The molecule has 1 aromatic carbocycles. The predicted molar refractivity (Wildman–Crippen MR) is 89.5 cm³/mol. The molecular formula is C17H17BrFNOS. The number of hydrogen-bond acceptors (Lipinski definition) is 3. The predicted octanol–water partition coefficient (Wildman–Crippen LogP) is 5.12. The number of alkyl halides is 1. The first-order valence-electron chi connectivity index (χ1n) is 7.96. The average Bonchev–Trinajstić information content (AvgIpc) is 2.90. The van der Waals surface area contributed by atoms with Gasteiger partial charge in [0.2, 0.25) is 0 Å². The maximum absolute atomic E-state index is 14.9. The summed E-state index contributed by atoms with van der Waals surface area (Å²) in [7, 11) is 0. The van der Waals surface area contributed by atoms with Crippen LogP contribution in [0.4, 0.5) is 4.39 Å². The smallest absolute Gasteiger partial charge is 0.194 e. The summed E-state index contributed by atoms with van der Waals surface area (Å²) >= 11 is 5.21. The number of benzene rings is 1. The van der Waals surface area contributed by atoms with Crippen LogP contribution >= 0.6 is 27.7 Å². The van der Waals surface area contributed by atoms with E-state index in [2.05, 4.69) is 33.2 Å². The lowest BCUT2D eigenvalue weighted by molar-refractivity contribution is -0.180. The molecule has 5 atom stereocenters. The van der Waals surface area contributed by atoms with Crippen molar-refractivity contribution in [3.05, 3.63) is 34.3 Å². The summed E-state index contributed by atoms with van der Waals surface area (Å²) in [5.74, 6) is 1.19. The summed E-state index contributed by atoms with van der Waals surface area (Å²) in [5.41, 5.74) is 0.167. The molecule has 5 aliphatic rings. The number of nitrogens with zero attached hydrogens (tertiary/aromatic N) is 1. The minimum Gasteiger partial charge on any atom is -0.376 e. The number of oxime groups is 1. The molecule has 1 heterocycles. The number of halogens is 2. The molecule has 1 aliphatic heterocycles. The van der Waals surface area contributed by atoms with Crippen LogP contribution in [0.25, 0.3) is 0 Å². The topological polar surface area (TPSA) is 21.6 Å². The highest BCUT2D eigenvalue weighted by molar-refractivity contribution is 9.10. The third-order valence-corrected chi connectivity index (χ3v) is 7.96. The normalized spacial score (nSPS) is 45.2. The van der Waals surface area contributed by atoms with Gasteiger partial charge in [-0.3, -0.25) is 0 Å². The Hall–Kier alpha value is -0.550. The molecule has 6 rings (SSSR count). The van der Waals surface area contributed by atoms with Crippen molar-refractivity contribution in [1.82, 2.24) is 0 Å². The molecule has 5 heteroatoms. The SMILES string of the molecule is FC12CC3C[C@H](C1)C1(ON=C(c4ccc(Br)cc4)S1)[C@@H](C3)C2. The minimum absolute atomic E-state index is 0.297. The maximum atomic E-state index is 14.9. The third-order valence-electron chi connectivity index (χ3n) is 5.87. The van der Waals surface area contributed by atoms with Crippen LogP contribution in [0.3, 0.4) is 0 Å². The third kappa shape index (κ3) is 1.87. The van der Waals surface area contributed by atoms with Crippen molar-refractivity contribution in [2.24, 2.45) is 22.9 Å². The molecule has 0 radical (unpaired) electrons. The number of thioether (sulfide) groups is 1. The zero-order chi connectivity index (χ0) is 14.9. The fourth-order valence-electron chi connectivity index (χ4n) is 5.15.